The molecule has 0 aromatic rings. The van der Waals surface area contributed by atoms with Gasteiger partial charge in [-0.15, -0.1) is 0 Å². The van der Waals surface area contributed by atoms with Gasteiger partial charge in [-0.05, 0) is 37.1 Å². The summed E-state index contributed by atoms with van der Waals surface area (Å²) in [5.74, 6) is 0.425. The third kappa shape index (κ3) is 5.83. The molecule has 16 heavy (non-hydrogen) atoms. The summed E-state index contributed by atoms with van der Waals surface area (Å²) < 4.78 is 11.2. The molecule has 2 atom stereocenters. The number of halogens is 1. The van der Waals surface area contributed by atoms with Crippen molar-refractivity contribution in [3.8, 4) is 0 Å². The molecule has 0 N–H and O–H groups in total. The Morgan fingerprint density at radius 2 is 2.38 bits per heavy atom. The molecule has 0 radical (unpaired) electrons. The van der Waals surface area contributed by atoms with Gasteiger partial charge in [0.1, 0.15) is 0 Å². The van der Waals surface area contributed by atoms with Crippen molar-refractivity contribution in [2.45, 2.75) is 39.4 Å². The lowest BCUT2D eigenvalue weighted by Gasteiger charge is -2.23. The van der Waals surface area contributed by atoms with Gasteiger partial charge in [0.2, 0.25) is 0 Å². The molecule has 0 saturated carbocycles. The monoisotopic (exact) mass is 288 g/mol. The average Bonchev–Trinajstić information content (AvgIpc) is 2.28. The Morgan fingerprint density at radius 3 is 3.00 bits per heavy atom. The van der Waals surface area contributed by atoms with E-state index in [9.17, 15) is 0 Å². The SMILES string of the molecule is CC(/C=C\Br)=C/C(C)COC1CCCCO1. The summed E-state index contributed by atoms with van der Waals surface area (Å²) in [6.45, 7) is 5.83. The summed E-state index contributed by atoms with van der Waals surface area (Å²) in [6, 6.07) is 0. The molecule has 0 aromatic carbocycles. The predicted molar refractivity (Wildman–Crippen MR) is 70.5 cm³/mol. The molecule has 1 fully saturated rings. The molecule has 1 aliphatic rings. The summed E-state index contributed by atoms with van der Waals surface area (Å²) in [4.78, 5) is 1.87. The zero-order chi connectivity index (χ0) is 11.8. The van der Waals surface area contributed by atoms with Crippen LogP contribution in [0.3, 0.4) is 0 Å². The number of rotatable bonds is 5. The molecule has 2 nitrogen and oxygen atoms in total. The van der Waals surface area contributed by atoms with Crippen molar-refractivity contribution in [3.05, 3.63) is 22.7 Å². The highest BCUT2D eigenvalue weighted by atomic mass is 79.9. The molecule has 0 amide bonds. The van der Waals surface area contributed by atoms with Crippen LogP contribution in [0, 0.1) is 5.92 Å². The highest BCUT2D eigenvalue weighted by Gasteiger charge is 2.14. The predicted octanol–water partition coefficient (Wildman–Crippen LogP) is 4.02. The first-order chi connectivity index (χ1) is 7.72. The fourth-order valence-corrected chi connectivity index (χ4v) is 2.17. The molecule has 1 aliphatic heterocycles. The Balaban J connectivity index is 2.23. The maximum absolute atomic E-state index is 5.72. The summed E-state index contributed by atoms with van der Waals surface area (Å²) in [5.41, 5.74) is 1.25. The van der Waals surface area contributed by atoms with Gasteiger partial charge in [0.25, 0.3) is 0 Å². The van der Waals surface area contributed by atoms with Crippen molar-refractivity contribution in [1.82, 2.24) is 0 Å². The Labute approximate surface area is 107 Å². The zero-order valence-electron chi connectivity index (χ0n) is 10.1. The molecule has 3 heteroatoms. The third-order valence-corrected chi connectivity index (χ3v) is 2.82. The lowest BCUT2D eigenvalue weighted by atomic mass is 10.1. The summed E-state index contributed by atoms with van der Waals surface area (Å²) in [7, 11) is 0. The van der Waals surface area contributed by atoms with E-state index in [1.54, 1.807) is 0 Å². The van der Waals surface area contributed by atoms with Crippen LogP contribution >= 0.6 is 15.9 Å². The standard InChI is InChI=1S/C13H21BrO2/c1-11(6-7-14)9-12(2)10-16-13-5-3-4-8-15-13/h6-7,9,12-13H,3-5,8,10H2,1-2H3/b7-6-,11-9-. The first kappa shape index (κ1) is 13.9. The molecule has 0 spiro atoms. The third-order valence-electron chi connectivity index (χ3n) is 2.56. The van der Waals surface area contributed by atoms with Crippen LogP contribution in [0.2, 0.25) is 0 Å². The van der Waals surface area contributed by atoms with Gasteiger partial charge in [-0.25, -0.2) is 0 Å². The van der Waals surface area contributed by atoms with E-state index in [4.69, 9.17) is 9.47 Å². The second-order valence-electron chi connectivity index (χ2n) is 4.31. The number of ether oxygens (including phenoxy) is 2. The highest BCUT2D eigenvalue weighted by molar-refractivity contribution is 9.11. The molecule has 0 aromatic heterocycles. The van der Waals surface area contributed by atoms with E-state index in [-0.39, 0.29) is 6.29 Å². The fourth-order valence-electron chi connectivity index (χ4n) is 1.75. The van der Waals surface area contributed by atoms with Crippen LogP contribution in [0.1, 0.15) is 33.1 Å². The molecule has 0 bridgehead atoms. The van der Waals surface area contributed by atoms with Gasteiger partial charge in [0.05, 0.1) is 6.61 Å². The molecular weight excluding hydrogens is 268 g/mol. The van der Waals surface area contributed by atoms with Crippen molar-refractivity contribution < 1.29 is 9.47 Å². The quantitative estimate of drug-likeness (QED) is 0.712. The van der Waals surface area contributed by atoms with Gasteiger partial charge >= 0.3 is 0 Å². The second-order valence-corrected chi connectivity index (χ2v) is 4.84. The normalized spacial score (nSPS) is 24.9. The van der Waals surface area contributed by atoms with E-state index < -0.39 is 0 Å². The van der Waals surface area contributed by atoms with E-state index in [0.717, 1.165) is 19.6 Å². The van der Waals surface area contributed by atoms with Crippen molar-refractivity contribution in [1.29, 1.82) is 0 Å². The zero-order valence-corrected chi connectivity index (χ0v) is 11.7. The molecule has 1 heterocycles. The van der Waals surface area contributed by atoms with Crippen LogP contribution in [0.4, 0.5) is 0 Å². The van der Waals surface area contributed by atoms with Crippen LogP contribution < -0.4 is 0 Å². The van der Waals surface area contributed by atoms with Gasteiger partial charge in [-0.2, -0.15) is 0 Å². The summed E-state index contributed by atoms with van der Waals surface area (Å²) in [6.07, 6.45) is 7.70. The van der Waals surface area contributed by atoms with Crippen molar-refractivity contribution in [3.63, 3.8) is 0 Å². The van der Waals surface area contributed by atoms with E-state index in [2.05, 4.69) is 35.9 Å². The van der Waals surface area contributed by atoms with E-state index in [1.165, 1.54) is 18.4 Å². The Bertz CT molecular complexity index is 242. The van der Waals surface area contributed by atoms with Gasteiger partial charge in [0, 0.05) is 6.61 Å². The van der Waals surface area contributed by atoms with Crippen molar-refractivity contribution >= 4 is 15.9 Å². The molecule has 0 aliphatic carbocycles. The highest BCUT2D eigenvalue weighted by Crippen LogP contribution is 2.15. The summed E-state index contributed by atoms with van der Waals surface area (Å²) >= 11 is 3.27. The maximum Gasteiger partial charge on any atom is 0.157 e. The average molecular weight is 289 g/mol. The molecular formula is C13H21BrO2. The van der Waals surface area contributed by atoms with Crippen LogP contribution in [0.15, 0.2) is 22.7 Å². The van der Waals surface area contributed by atoms with Crippen molar-refractivity contribution in [2.75, 3.05) is 13.2 Å². The summed E-state index contributed by atoms with van der Waals surface area (Å²) in [5, 5.41) is 0. The second kappa shape index (κ2) is 8.04. The van der Waals surface area contributed by atoms with E-state index in [1.807, 2.05) is 11.1 Å². The van der Waals surface area contributed by atoms with Crippen LogP contribution in [0.5, 0.6) is 0 Å². The molecule has 1 saturated heterocycles. The lowest BCUT2D eigenvalue weighted by molar-refractivity contribution is -0.166. The minimum absolute atomic E-state index is 0.0247. The van der Waals surface area contributed by atoms with E-state index in [0.29, 0.717) is 5.92 Å². The van der Waals surface area contributed by atoms with Gasteiger partial charge in [-0.1, -0.05) is 40.6 Å². The molecule has 92 valence electrons. The molecule has 1 rings (SSSR count). The number of hydrogen-bond donors (Lipinski definition) is 0. The van der Waals surface area contributed by atoms with Gasteiger partial charge < -0.3 is 9.47 Å². The van der Waals surface area contributed by atoms with Crippen LogP contribution in [0.25, 0.3) is 0 Å². The smallest absolute Gasteiger partial charge is 0.157 e. The first-order valence-corrected chi connectivity index (χ1v) is 6.82. The minimum Gasteiger partial charge on any atom is -0.353 e. The maximum atomic E-state index is 5.72. The first-order valence-electron chi connectivity index (χ1n) is 5.90. The Hall–Kier alpha value is -0.120. The number of hydrogen-bond acceptors (Lipinski definition) is 2. The number of allylic oxidation sites excluding steroid dienone is 2. The van der Waals surface area contributed by atoms with E-state index >= 15 is 0 Å². The Morgan fingerprint density at radius 1 is 1.56 bits per heavy atom. The molecule has 2 unspecified atom stereocenters. The fraction of sp³-hybridized carbons (Fsp3) is 0.692. The van der Waals surface area contributed by atoms with Crippen molar-refractivity contribution in [2.24, 2.45) is 5.92 Å². The Kier molecular flexibility index (Phi) is 7.01. The van der Waals surface area contributed by atoms with Gasteiger partial charge in [0.15, 0.2) is 6.29 Å². The largest absolute Gasteiger partial charge is 0.353 e. The minimum atomic E-state index is 0.0247. The van der Waals surface area contributed by atoms with Crippen LogP contribution in [-0.2, 0) is 9.47 Å². The van der Waals surface area contributed by atoms with Crippen LogP contribution in [-0.4, -0.2) is 19.5 Å². The lowest BCUT2D eigenvalue weighted by Crippen LogP contribution is -2.24. The topological polar surface area (TPSA) is 18.5 Å². The van der Waals surface area contributed by atoms with Gasteiger partial charge in [-0.3, -0.25) is 0 Å².